The summed E-state index contributed by atoms with van der Waals surface area (Å²) in [5.41, 5.74) is 7.80. The monoisotopic (exact) mass is 246 g/mol. The fraction of sp³-hybridized carbons (Fsp3) is 0.643. The molecule has 4 heteroatoms. The minimum atomic E-state index is 0.520. The molecule has 3 heterocycles. The van der Waals surface area contributed by atoms with Gasteiger partial charge in [-0.15, -0.1) is 0 Å². The Balaban J connectivity index is 1.77. The maximum atomic E-state index is 5.59. The molecule has 2 saturated heterocycles. The number of pyridine rings is 1. The third-order valence-electron chi connectivity index (χ3n) is 4.29. The Kier molecular flexibility index (Phi) is 3.22. The smallest absolute Gasteiger partial charge is 0.0556 e. The Morgan fingerprint density at radius 1 is 1.39 bits per heavy atom. The van der Waals surface area contributed by atoms with Crippen LogP contribution in [0.1, 0.15) is 25.5 Å². The van der Waals surface area contributed by atoms with E-state index < -0.39 is 0 Å². The number of hydrogen-bond donors (Lipinski definition) is 1. The highest BCUT2D eigenvalue weighted by atomic mass is 15.3. The number of hydrogen-bond acceptors (Lipinski definition) is 4. The maximum Gasteiger partial charge on any atom is 0.0556 e. The highest BCUT2D eigenvalue weighted by Gasteiger charge is 2.34. The van der Waals surface area contributed by atoms with Gasteiger partial charge in [-0.25, -0.2) is 0 Å². The van der Waals surface area contributed by atoms with E-state index in [1.807, 2.05) is 12.3 Å². The molecule has 18 heavy (non-hydrogen) atoms. The summed E-state index contributed by atoms with van der Waals surface area (Å²) in [7, 11) is 0. The first-order valence-electron chi connectivity index (χ1n) is 6.93. The largest absolute Gasteiger partial charge is 0.365 e. The molecule has 2 N–H and O–H groups in total. The van der Waals surface area contributed by atoms with Gasteiger partial charge in [0.25, 0.3) is 0 Å². The van der Waals surface area contributed by atoms with Crippen molar-refractivity contribution in [1.82, 2.24) is 9.88 Å². The molecule has 2 fully saturated rings. The lowest BCUT2D eigenvalue weighted by atomic mass is 10.1. The number of anilines is 1. The Morgan fingerprint density at radius 3 is 3.00 bits per heavy atom. The van der Waals surface area contributed by atoms with Crippen LogP contribution < -0.4 is 10.6 Å². The van der Waals surface area contributed by atoms with Gasteiger partial charge in [-0.3, -0.25) is 9.88 Å². The van der Waals surface area contributed by atoms with Crippen LogP contribution in [0.4, 0.5) is 5.69 Å². The second-order valence-electron chi connectivity index (χ2n) is 5.50. The van der Waals surface area contributed by atoms with Crippen molar-refractivity contribution in [3.63, 3.8) is 0 Å². The van der Waals surface area contributed by atoms with Crippen molar-refractivity contribution in [2.24, 2.45) is 5.73 Å². The van der Waals surface area contributed by atoms with E-state index in [0.717, 1.165) is 18.3 Å². The molecule has 2 aliphatic rings. The highest BCUT2D eigenvalue weighted by Crippen LogP contribution is 2.28. The second-order valence-corrected chi connectivity index (χ2v) is 5.50. The molecule has 0 radical (unpaired) electrons. The third-order valence-corrected chi connectivity index (χ3v) is 4.29. The van der Waals surface area contributed by atoms with E-state index >= 15 is 0 Å². The van der Waals surface area contributed by atoms with Gasteiger partial charge in [-0.1, -0.05) is 0 Å². The number of fused-ring (bicyclic) bond motifs is 1. The molecule has 98 valence electrons. The average Bonchev–Trinajstić information content (AvgIpc) is 2.85. The fourth-order valence-electron chi connectivity index (χ4n) is 3.25. The molecule has 2 atom stereocenters. The SMILES string of the molecule is CC1CN2CCCC2CN1c1ccc(CN)nc1. The zero-order valence-electron chi connectivity index (χ0n) is 11.0. The van der Waals surface area contributed by atoms with Crippen LogP contribution >= 0.6 is 0 Å². The summed E-state index contributed by atoms with van der Waals surface area (Å²) < 4.78 is 0. The van der Waals surface area contributed by atoms with E-state index in [9.17, 15) is 0 Å². The zero-order chi connectivity index (χ0) is 12.5. The molecule has 0 amide bonds. The standard InChI is InChI=1S/C14H22N4/c1-11-9-17-6-2-3-14(17)10-18(11)13-5-4-12(7-15)16-8-13/h4-5,8,11,14H,2-3,6-7,9-10,15H2,1H3. The van der Waals surface area contributed by atoms with Gasteiger partial charge in [0.2, 0.25) is 0 Å². The Morgan fingerprint density at radius 2 is 2.28 bits per heavy atom. The fourth-order valence-corrected chi connectivity index (χ4v) is 3.25. The molecular weight excluding hydrogens is 224 g/mol. The van der Waals surface area contributed by atoms with Crippen molar-refractivity contribution in [1.29, 1.82) is 0 Å². The minimum Gasteiger partial charge on any atom is -0.365 e. The van der Waals surface area contributed by atoms with Gasteiger partial charge < -0.3 is 10.6 Å². The Hall–Kier alpha value is -1.13. The van der Waals surface area contributed by atoms with Crippen LogP contribution in [0.2, 0.25) is 0 Å². The molecule has 1 aromatic rings. The molecule has 2 unspecified atom stereocenters. The van der Waals surface area contributed by atoms with Crippen LogP contribution in [0.25, 0.3) is 0 Å². The zero-order valence-corrected chi connectivity index (χ0v) is 11.0. The summed E-state index contributed by atoms with van der Waals surface area (Å²) in [6.45, 7) is 6.44. The van der Waals surface area contributed by atoms with Gasteiger partial charge in [0.05, 0.1) is 17.6 Å². The number of rotatable bonds is 2. The predicted molar refractivity (Wildman–Crippen MR) is 73.5 cm³/mol. The van der Waals surface area contributed by atoms with Crippen LogP contribution in [0.3, 0.4) is 0 Å². The van der Waals surface area contributed by atoms with Crippen LogP contribution in [0.5, 0.6) is 0 Å². The van der Waals surface area contributed by atoms with Crippen LogP contribution in [-0.2, 0) is 6.54 Å². The van der Waals surface area contributed by atoms with E-state index in [1.165, 1.54) is 31.6 Å². The highest BCUT2D eigenvalue weighted by molar-refractivity contribution is 5.46. The summed E-state index contributed by atoms with van der Waals surface area (Å²) in [5, 5.41) is 0. The molecule has 2 aliphatic heterocycles. The summed E-state index contributed by atoms with van der Waals surface area (Å²) in [6, 6.07) is 5.53. The first-order chi connectivity index (χ1) is 8.78. The molecule has 0 aliphatic carbocycles. The van der Waals surface area contributed by atoms with Gasteiger partial charge in [0.15, 0.2) is 0 Å². The molecule has 3 rings (SSSR count). The first kappa shape index (κ1) is 11.9. The number of aromatic nitrogens is 1. The van der Waals surface area contributed by atoms with Gasteiger partial charge >= 0.3 is 0 Å². The van der Waals surface area contributed by atoms with Crippen molar-refractivity contribution in [3.05, 3.63) is 24.0 Å². The van der Waals surface area contributed by atoms with E-state index in [2.05, 4.69) is 27.8 Å². The van der Waals surface area contributed by atoms with Crippen molar-refractivity contribution in [2.45, 2.75) is 38.4 Å². The summed E-state index contributed by atoms with van der Waals surface area (Å²) in [6.07, 6.45) is 4.68. The molecular formula is C14H22N4. The molecule has 4 nitrogen and oxygen atoms in total. The number of nitrogens with two attached hydrogens (primary N) is 1. The van der Waals surface area contributed by atoms with Crippen molar-refractivity contribution < 1.29 is 0 Å². The van der Waals surface area contributed by atoms with Crippen molar-refractivity contribution in [2.75, 3.05) is 24.5 Å². The predicted octanol–water partition coefficient (Wildman–Crippen LogP) is 1.21. The van der Waals surface area contributed by atoms with Crippen LogP contribution in [-0.4, -0.2) is 41.6 Å². The van der Waals surface area contributed by atoms with Gasteiger partial charge in [-0.05, 0) is 38.4 Å². The lowest BCUT2D eigenvalue weighted by Gasteiger charge is -2.43. The molecule has 0 bridgehead atoms. The van der Waals surface area contributed by atoms with Gasteiger partial charge in [-0.2, -0.15) is 0 Å². The molecule has 0 saturated carbocycles. The summed E-state index contributed by atoms with van der Waals surface area (Å²) >= 11 is 0. The van der Waals surface area contributed by atoms with Crippen LogP contribution in [0, 0.1) is 0 Å². The summed E-state index contributed by atoms with van der Waals surface area (Å²) in [5.74, 6) is 0. The van der Waals surface area contributed by atoms with E-state index in [-0.39, 0.29) is 0 Å². The third kappa shape index (κ3) is 2.10. The van der Waals surface area contributed by atoms with E-state index in [4.69, 9.17) is 5.73 Å². The maximum absolute atomic E-state index is 5.59. The average molecular weight is 246 g/mol. The number of nitrogens with zero attached hydrogens (tertiary/aromatic N) is 3. The van der Waals surface area contributed by atoms with E-state index in [0.29, 0.717) is 12.6 Å². The topological polar surface area (TPSA) is 45.4 Å². The summed E-state index contributed by atoms with van der Waals surface area (Å²) in [4.78, 5) is 9.55. The van der Waals surface area contributed by atoms with E-state index in [1.54, 1.807) is 0 Å². The van der Waals surface area contributed by atoms with Gasteiger partial charge in [0.1, 0.15) is 0 Å². The van der Waals surface area contributed by atoms with Crippen molar-refractivity contribution in [3.8, 4) is 0 Å². The van der Waals surface area contributed by atoms with Gasteiger partial charge in [0, 0.05) is 31.7 Å². The minimum absolute atomic E-state index is 0.520. The molecule has 0 aromatic carbocycles. The first-order valence-corrected chi connectivity index (χ1v) is 6.93. The van der Waals surface area contributed by atoms with Crippen molar-refractivity contribution >= 4 is 5.69 Å². The quantitative estimate of drug-likeness (QED) is 0.852. The lowest BCUT2D eigenvalue weighted by molar-refractivity contribution is 0.203. The second kappa shape index (κ2) is 4.86. The number of piperazine rings is 1. The normalized spacial score (nSPS) is 28.4. The Bertz CT molecular complexity index is 403. The molecule has 1 aromatic heterocycles. The Labute approximate surface area is 109 Å². The lowest BCUT2D eigenvalue weighted by Crippen LogP contribution is -2.55. The molecule has 0 spiro atoms. The van der Waals surface area contributed by atoms with Crippen LogP contribution in [0.15, 0.2) is 18.3 Å².